The molecule has 3 rings (SSSR count). The summed E-state index contributed by atoms with van der Waals surface area (Å²) >= 11 is 0. The second-order valence-electron chi connectivity index (χ2n) is 6.80. The van der Waals surface area contributed by atoms with Crippen molar-refractivity contribution in [2.75, 3.05) is 13.6 Å². The number of rotatable bonds is 8. The molecule has 1 aliphatic heterocycles. The van der Waals surface area contributed by atoms with E-state index in [1.165, 1.54) is 11.1 Å². The number of unbranched alkanes of at least 4 members (excludes halogenated alkanes) is 2. The molecule has 0 saturated heterocycles. The summed E-state index contributed by atoms with van der Waals surface area (Å²) in [4.78, 5) is 14.4. The van der Waals surface area contributed by atoms with Gasteiger partial charge in [0.2, 0.25) is 5.91 Å². The van der Waals surface area contributed by atoms with E-state index in [1.807, 2.05) is 18.0 Å². The van der Waals surface area contributed by atoms with Crippen LogP contribution in [0.5, 0.6) is 0 Å². The molecular formula is C21H28N2O2. The molecule has 1 aliphatic rings. The molecule has 4 heteroatoms. The van der Waals surface area contributed by atoms with Crippen molar-refractivity contribution >= 4 is 5.91 Å². The Balaban J connectivity index is 1.38. The highest BCUT2D eigenvalue weighted by Crippen LogP contribution is 2.23. The molecular weight excluding hydrogens is 312 g/mol. The van der Waals surface area contributed by atoms with Crippen LogP contribution in [-0.2, 0) is 30.7 Å². The summed E-state index contributed by atoms with van der Waals surface area (Å²) in [6, 6.07) is 12.7. The number of amides is 1. The first-order valence-electron chi connectivity index (χ1n) is 9.33. The third-order valence-electron chi connectivity index (χ3n) is 4.84. The summed E-state index contributed by atoms with van der Waals surface area (Å²) < 4.78 is 5.86. The predicted octanol–water partition coefficient (Wildman–Crippen LogP) is 3.69. The molecule has 1 aromatic heterocycles. The number of carbonyl (C=O) groups is 1. The summed E-state index contributed by atoms with van der Waals surface area (Å²) in [7, 11) is 1.91. The van der Waals surface area contributed by atoms with Gasteiger partial charge in [-0.05, 0) is 49.9 Å². The van der Waals surface area contributed by atoms with Crippen LogP contribution in [0, 0.1) is 0 Å². The van der Waals surface area contributed by atoms with Gasteiger partial charge in [-0.2, -0.15) is 0 Å². The zero-order valence-electron chi connectivity index (χ0n) is 15.1. The van der Waals surface area contributed by atoms with Crippen LogP contribution in [0.3, 0.4) is 0 Å². The molecule has 1 amide bonds. The second kappa shape index (κ2) is 8.86. The van der Waals surface area contributed by atoms with Gasteiger partial charge in [0, 0.05) is 13.0 Å². The Morgan fingerprint density at radius 2 is 2.04 bits per heavy atom. The Bertz CT molecular complexity index is 678. The molecule has 4 nitrogen and oxygen atoms in total. The van der Waals surface area contributed by atoms with Gasteiger partial charge in [-0.15, -0.1) is 0 Å². The minimum absolute atomic E-state index is 0.261. The molecule has 0 unspecified atom stereocenters. The van der Waals surface area contributed by atoms with Crippen LogP contribution in [0.4, 0.5) is 0 Å². The lowest BCUT2D eigenvalue weighted by Gasteiger charge is -2.26. The molecule has 0 saturated carbocycles. The van der Waals surface area contributed by atoms with E-state index < -0.39 is 0 Å². The third kappa shape index (κ3) is 4.95. The number of hydrogen-bond donors (Lipinski definition) is 1. The van der Waals surface area contributed by atoms with Crippen molar-refractivity contribution in [3.05, 3.63) is 59.0 Å². The molecule has 1 N–H and O–H groups in total. The van der Waals surface area contributed by atoms with E-state index in [4.69, 9.17) is 4.42 Å². The molecule has 0 atom stereocenters. The van der Waals surface area contributed by atoms with Crippen molar-refractivity contribution in [2.45, 2.75) is 51.6 Å². The molecule has 0 radical (unpaired) electrons. The molecule has 1 aromatic carbocycles. The first-order valence-corrected chi connectivity index (χ1v) is 9.33. The highest BCUT2D eigenvalue weighted by Gasteiger charge is 2.23. The van der Waals surface area contributed by atoms with Crippen LogP contribution in [0.1, 0.15) is 48.3 Å². The first-order chi connectivity index (χ1) is 12.3. The summed E-state index contributed by atoms with van der Waals surface area (Å²) in [5.41, 5.74) is 2.64. The van der Waals surface area contributed by atoms with E-state index in [-0.39, 0.29) is 5.91 Å². The minimum atomic E-state index is 0.261. The molecule has 134 valence electrons. The SMILES string of the molecule is CNCc1cc2c(o1)CN(C(=O)CCCCCc1ccccc1)CC2. The number of benzene rings is 1. The third-order valence-corrected chi connectivity index (χ3v) is 4.84. The topological polar surface area (TPSA) is 45.5 Å². The molecule has 2 aromatic rings. The fraction of sp³-hybridized carbons (Fsp3) is 0.476. The van der Waals surface area contributed by atoms with E-state index >= 15 is 0 Å². The highest BCUT2D eigenvalue weighted by atomic mass is 16.3. The van der Waals surface area contributed by atoms with Crippen LogP contribution in [0.15, 0.2) is 40.8 Å². The standard InChI is InChI=1S/C21H28N2O2/c1-22-15-19-14-18-12-13-23(16-20(18)25-19)21(24)11-7-3-6-10-17-8-4-2-5-9-17/h2,4-5,8-9,14,22H,3,6-7,10-13,15-16H2,1H3. The average Bonchev–Trinajstić information content (AvgIpc) is 3.04. The van der Waals surface area contributed by atoms with E-state index in [0.717, 1.165) is 56.7 Å². The lowest BCUT2D eigenvalue weighted by Crippen LogP contribution is -2.35. The van der Waals surface area contributed by atoms with Crippen molar-refractivity contribution in [2.24, 2.45) is 0 Å². The summed E-state index contributed by atoms with van der Waals surface area (Å²) in [6.45, 7) is 2.18. The van der Waals surface area contributed by atoms with E-state index in [1.54, 1.807) is 0 Å². The Hall–Kier alpha value is -2.07. The van der Waals surface area contributed by atoms with Crippen LogP contribution >= 0.6 is 0 Å². The lowest BCUT2D eigenvalue weighted by atomic mass is 10.0. The largest absolute Gasteiger partial charge is 0.463 e. The van der Waals surface area contributed by atoms with E-state index in [9.17, 15) is 4.79 Å². The van der Waals surface area contributed by atoms with Gasteiger partial charge >= 0.3 is 0 Å². The Morgan fingerprint density at radius 1 is 1.20 bits per heavy atom. The van der Waals surface area contributed by atoms with Crippen molar-refractivity contribution in [1.29, 1.82) is 0 Å². The normalized spacial score (nSPS) is 13.7. The minimum Gasteiger partial charge on any atom is -0.463 e. The van der Waals surface area contributed by atoms with Gasteiger partial charge in [-0.3, -0.25) is 4.79 Å². The van der Waals surface area contributed by atoms with Crippen molar-refractivity contribution in [1.82, 2.24) is 10.2 Å². The molecule has 0 aliphatic carbocycles. The quantitative estimate of drug-likeness (QED) is 0.746. The van der Waals surface area contributed by atoms with Gasteiger partial charge in [0.05, 0.1) is 13.1 Å². The zero-order chi connectivity index (χ0) is 17.5. The summed E-state index contributed by atoms with van der Waals surface area (Å²) in [5, 5.41) is 3.10. The van der Waals surface area contributed by atoms with Crippen molar-refractivity contribution < 1.29 is 9.21 Å². The van der Waals surface area contributed by atoms with Gasteiger partial charge < -0.3 is 14.6 Å². The molecule has 25 heavy (non-hydrogen) atoms. The smallest absolute Gasteiger partial charge is 0.222 e. The maximum Gasteiger partial charge on any atom is 0.222 e. The molecule has 2 heterocycles. The first kappa shape index (κ1) is 17.7. The highest BCUT2D eigenvalue weighted by molar-refractivity contribution is 5.76. The zero-order valence-corrected chi connectivity index (χ0v) is 15.1. The second-order valence-corrected chi connectivity index (χ2v) is 6.80. The van der Waals surface area contributed by atoms with Crippen molar-refractivity contribution in [3.8, 4) is 0 Å². The number of nitrogens with zero attached hydrogens (tertiary/aromatic N) is 1. The Labute approximate surface area is 150 Å². The number of aryl methyl sites for hydroxylation is 1. The van der Waals surface area contributed by atoms with Crippen LogP contribution < -0.4 is 5.32 Å². The van der Waals surface area contributed by atoms with Gasteiger partial charge in [-0.1, -0.05) is 36.8 Å². The van der Waals surface area contributed by atoms with E-state index in [0.29, 0.717) is 13.0 Å². The van der Waals surface area contributed by atoms with Gasteiger partial charge in [0.25, 0.3) is 0 Å². The van der Waals surface area contributed by atoms with Crippen LogP contribution in [0.2, 0.25) is 0 Å². The van der Waals surface area contributed by atoms with Gasteiger partial charge in [-0.25, -0.2) is 0 Å². The fourth-order valence-electron chi connectivity index (χ4n) is 3.44. The monoisotopic (exact) mass is 340 g/mol. The summed E-state index contributed by atoms with van der Waals surface area (Å²) in [5.74, 6) is 2.19. The lowest BCUT2D eigenvalue weighted by molar-refractivity contribution is -0.132. The average molecular weight is 340 g/mol. The van der Waals surface area contributed by atoms with Gasteiger partial charge in [0.1, 0.15) is 11.5 Å². The molecule has 0 bridgehead atoms. The fourth-order valence-corrected chi connectivity index (χ4v) is 3.44. The Morgan fingerprint density at radius 3 is 2.84 bits per heavy atom. The maximum absolute atomic E-state index is 12.4. The summed E-state index contributed by atoms with van der Waals surface area (Å²) in [6.07, 6.45) is 5.87. The maximum atomic E-state index is 12.4. The number of nitrogens with one attached hydrogen (secondary N) is 1. The van der Waals surface area contributed by atoms with Crippen LogP contribution in [0.25, 0.3) is 0 Å². The molecule has 0 fully saturated rings. The number of hydrogen-bond acceptors (Lipinski definition) is 3. The molecule has 0 spiro atoms. The number of carbonyl (C=O) groups excluding carboxylic acids is 1. The number of fused-ring (bicyclic) bond motifs is 1. The number of furan rings is 1. The van der Waals surface area contributed by atoms with Gasteiger partial charge in [0.15, 0.2) is 0 Å². The van der Waals surface area contributed by atoms with E-state index in [2.05, 4.69) is 35.6 Å². The van der Waals surface area contributed by atoms with Crippen molar-refractivity contribution in [3.63, 3.8) is 0 Å². The van der Waals surface area contributed by atoms with Crippen LogP contribution in [-0.4, -0.2) is 24.4 Å². The predicted molar refractivity (Wildman–Crippen MR) is 99.2 cm³/mol. The Kier molecular flexibility index (Phi) is 6.29.